The number of rotatable bonds is 8. The summed E-state index contributed by atoms with van der Waals surface area (Å²) in [5.41, 5.74) is 0.736. The van der Waals surface area contributed by atoms with E-state index in [2.05, 4.69) is 5.32 Å². The Balaban J connectivity index is 1.62. The van der Waals surface area contributed by atoms with Crippen molar-refractivity contribution in [2.24, 2.45) is 5.92 Å². The van der Waals surface area contributed by atoms with Crippen LogP contribution in [0.2, 0.25) is 0 Å². The summed E-state index contributed by atoms with van der Waals surface area (Å²) >= 11 is 0. The smallest absolute Gasteiger partial charge is 0.244 e. The van der Waals surface area contributed by atoms with E-state index in [0.29, 0.717) is 12.5 Å². The summed E-state index contributed by atoms with van der Waals surface area (Å²) in [6.45, 7) is 1.07. The number of benzene rings is 1. The average Bonchev–Trinajstić information content (AvgIpc) is 3.29. The first-order valence-electron chi connectivity index (χ1n) is 7.11. The number of nitrogens with one attached hydrogen (secondary N) is 1. The van der Waals surface area contributed by atoms with Gasteiger partial charge in [0.1, 0.15) is 5.82 Å². The van der Waals surface area contributed by atoms with Gasteiger partial charge in [0.05, 0.1) is 12.7 Å². The minimum absolute atomic E-state index is 0.150. The maximum atomic E-state index is 12.7. The molecule has 1 aliphatic carbocycles. The molecule has 1 amide bonds. The number of carbonyl (C=O) groups excluding carboxylic acids is 1. The van der Waals surface area contributed by atoms with E-state index in [4.69, 9.17) is 4.74 Å². The summed E-state index contributed by atoms with van der Waals surface area (Å²) in [4.78, 5) is 11.6. The molecule has 0 saturated heterocycles. The lowest BCUT2D eigenvalue weighted by molar-refractivity contribution is -0.117. The first-order valence-corrected chi connectivity index (χ1v) is 7.11. The zero-order valence-electron chi connectivity index (χ0n) is 11.8. The van der Waals surface area contributed by atoms with E-state index in [-0.39, 0.29) is 24.9 Å². The van der Waals surface area contributed by atoms with Gasteiger partial charge in [-0.05, 0) is 42.5 Å². The third-order valence-corrected chi connectivity index (χ3v) is 3.17. The van der Waals surface area contributed by atoms with Crippen LogP contribution in [0.4, 0.5) is 4.39 Å². The minimum Gasteiger partial charge on any atom is -0.389 e. The van der Waals surface area contributed by atoms with Gasteiger partial charge in [0, 0.05) is 19.2 Å². The van der Waals surface area contributed by atoms with E-state index in [1.807, 2.05) is 0 Å². The fourth-order valence-corrected chi connectivity index (χ4v) is 1.74. The molecule has 1 fully saturated rings. The molecule has 2 N–H and O–H groups in total. The van der Waals surface area contributed by atoms with Gasteiger partial charge in [-0.1, -0.05) is 12.1 Å². The van der Waals surface area contributed by atoms with Crippen molar-refractivity contribution in [1.29, 1.82) is 0 Å². The summed E-state index contributed by atoms with van der Waals surface area (Å²) in [6.07, 6.45) is 4.66. The quantitative estimate of drug-likeness (QED) is 0.718. The zero-order valence-corrected chi connectivity index (χ0v) is 11.8. The van der Waals surface area contributed by atoms with E-state index in [9.17, 15) is 14.3 Å². The van der Waals surface area contributed by atoms with Crippen LogP contribution in [-0.2, 0) is 9.53 Å². The molecule has 1 aliphatic rings. The van der Waals surface area contributed by atoms with Crippen LogP contribution in [0.25, 0.3) is 6.08 Å². The molecule has 0 radical (unpaired) electrons. The van der Waals surface area contributed by atoms with E-state index >= 15 is 0 Å². The molecule has 2 rings (SSSR count). The fourth-order valence-electron chi connectivity index (χ4n) is 1.74. The van der Waals surface area contributed by atoms with E-state index in [1.54, 1.807) is 18.2 Å². The van der Waals surface area contributed by atoms with Gasteiger partial charge in [0.25, 0.3) is 0 Å². The van der Waals surface area contributed by atoms with Crippen LogP contribution in [0.5, 0.6) is 0 Å². The summed E-state index contributed by atoms with van der Waals surface area (Å²) < 4.78 is 18.0. The lowest BCUT2D eigenvalue weighted by Gasteiger charge is -2.11. The van der Waals surface area contributed by atoms with Crippen LogP contribution in [0.15, 0.2) is 30.3 Å². The van der Waals surface area contributed by atoms with Crippen molar-refractivity contribution in [2.75, 3.05) is 19.8 Å². The number of amides is 1. The van der Waals surface area contributed by atoms with Crippen molar-refractivity contribution < 1.29 is 19.0 Å². The standard InChI is InChI=1S/C16H20FNO3/c17-14-6-3-12(4-7-14)5-8-16(20)18-9-15(19)11-21-10-13-1-2-13/h3-8,13,15,19H,1-2,9-11H2,(H,18,20)/b8-5+. The number of carbonyl (C=O) groups is 1. The fraction of sp³-hybridized carbons (Fsp3) is 0.438. The molecule has 1 atom stereocenters. The highest BCUT2D eigenvalue weighted by atomic mass is 19.1. The Morgan fingerprint density at radius 2 is 2.14 bits per heavy atom. The van der Waals surface area contributed by atoms with Gasteiger partial charge < -0.3 is 15.2 Å². The highest BCUT2D eigenvalue weighted by Gasteiger charge is 2.21. The molecular formula is C16H20FNO3. The maximum Gasteiger partial charge on any atom is 0.244 e. The molecule has 4 nitrogen and oxygen atoms in total. The SMILES string of the molecule is O=C(/C=C/c1ccc(F)cc1)NCC(O)COCC1CC1. The maximum absolute atomic E-state index is 12.7. The molecule has 114 valence electrons. The monoisotopic (exact) mass is 293 g/mol. The molecule has 0 spiro atoms. The molecule has 1 unspecified atom stereocenters. The first kappa shape index (κ1) is 15.7. The first-order chi connectivity index (χ1) is 10.1. The highest BCUT2D eigenvalue weighted by molar-refractivity contribution is 5.91. The van der Waals surface area contributed by atoms with Crippen molar-refractivity contribution >= 4 is 12.0 Å². The van der Waals surface area contributed by atoms with Gasteiger partial charge in [-0.15, -0.1) is 0 Å². The Kier molecular flexibility index (Phi) is 5.90. The number of hydrogen-bond acceptors (Lipinski definition) is 3. The average molecular weight is 293 g/mol. The largest absolute Gasteiger partial charge is 0.389 e. The summed E-state index contributed by atoms with van der Waals surface area (Å²) in [7, 11) is 0. The van der Waals surface area contributed by atoms with E-state index < -0.39 is 6.10 Å². The summed E-state index contributed by atoms with van der Waals surface area (Å²) in [6, 6.07) is 5.83. The van der Waals surface area contributed by atoms with E-state index in [1.165, 1.54) is 31.1 Å². The Bertz CT molecular complexity index is 483. The highest BCUT2D eigenvalue weighted by Crippen LogP contribution is 2.28. The molecule has 0 aliphatic heterocycles. The number of aliphatic hydroxyl groups is 1. The number of hydrogen-bond donors (Lipinski definition) is 2. The molecule has 1 aromatic carbocycles. The van der Waals surface area contributed by atoms with Crippen LogP contribution >= 0.6 is 0 Å². The van der Waals surface area contributed by atoms with Crippen LogP contribution in [0, 0.1) is 11.7 Å². The van der Waals surface area contributed by atoms with Gasteiger partial charge >= 0.3 is 0 Å². The second kappa shape index (κ2) is 7.90. The predicted molar refractivity (Wildman–Crippen MR) is 78.0 cm³/mol. The van der Waals surface area contributed by atoms with Crippen LogP contribution < -0.4 is 5.32 Å². The van der Waals surface area contributed by atoms with Gasteiger partial charge in [0.15, 0.2) is 0 Å². The molecule has 0 aromatic heterocycles. The Morgan fingerprint density at radius 3 is 2.81 bits per heavy atom. The van der Waals surface area contributed by atoms with Gasteiger partial charge in [-0.3, -0.25) is 4.79 Å². The Morgan fingerprint density at radius 1 is 1.43 bits per heavy atom. The molecule has 1 saturated carbocycles. The molecule has 21 heavy (non-hydrogen) atoms. The van der Waals surface area contributed by atoms with E-state index in [0.717, 1.165) is 5.56 Å². The zero-order chi connectivity index (χ0) is 15.1. The summed E-state index contributed by atoms with van der Waals surface area (Å²) in [5.74, 6) is 0.0388. The van der Waals surface area contributed by atoms with Crippen LogP contribution in [0.1, 0.15) is 18.4 Å². The second-order valence-corrected chi connectivity index (χ2v) is 5.26. The number of ether oxygens (including phenoxy) is 1. The molecule has 1 aromatic rings. The van der Waals surface area contributed by atoms with Crippen molar-refractivity contribution in [2.45, 2.75) is 18.9 Å². The normalized spacial score (nSPS) is 16.1. The van der Waals surface area contributed by atoms with Crippen molar-refractivity contribution in [3.63, 3.8) is 0 Å². The number of halogens is 1. The van der Waals surface area contributed by atoms with Crippen molar-refractivity contribution in [1.82, 2.24) is 5.32 Å². The van der Waals surface area contributed by atoms with Gasteiger partial charge in [-0.25, -0.2) is 4.39 Å². The second-order valence-electron chi connectivity index (χ2n) is 5.26. The van der Waals surface area contributed by atoms with Gasteiger partial charge in [-0.2, -0.15) is 0 Å². The molecule has 5 heteroatoms. The third kappa shape index (κ3) is 6.51. The van der Waals surface area contributed by atoms with Crippen molar-refractivity contribution in [3.8, 4) is 0 Å². The Hall–Kier alpha value is -1.72. The van der Waals surface area contributed by atoms with Gasteiger partial charge in [0.2, 0.25) is 5.91 Å². The minimum atomic E-state index is -0.702. The van der Waals surface area contributed by atoms with Crippen LogP contribution in [0.3, 0.4) is 0 Å². The molecule has 0 bridgehead atoms. The molecular weight excluding hydrogens is 273 g/mol. The molecule has 0 heterocycles. The lowest BCUT2D eigenvalue weighted by atomic mass is 10.2. The lowest BCUT2D eigenvalue weighted by Crippen LogP contribution is -2.33. The van der Waals surface area contributed by atoms with Crippen molar-refractivity contribution in [3.05, 3.63) is 41.7 Å². The Labute approximate surface area is 123 Å². The topological polar surface area (TPSA) is 58.6 Å². The van der Waals surface area contributed by atoms with Crippen LogP contribution in [-0.4, -0.2) is 36.9 Å². The number of aliphatic hydroxyl groups excluding tert-OH is 1. The third-order valence-electron chi connectivity index (χ3n) is 3.17. The predicted octanol–water partition coefficient (Wildman–Crippen LogP) is 1.74. The summed E-state index contributed by atoms with van der Waals surface area (Å²) in [5, 5.41) is 12.2.